The minimum atomic E-state index is -1.04. The van der Waals surface area contributed by atoms with E-state index in [-0.39, 0.29) is 19.0 Å². The van der Waals surface area contributed by atoms with E-state index in [1.165, 1.54) is 12.7 Å². The topological polar surface area (TPSA) is 157 Å². The van der Waals surface area contributed by atoms with Gasteiger partial charge in [0.1, 0.15) is 29.6 Å². The van der Waals surface area contributed by atoms with E-state index in [1.54, 1.807) is 4.57 Å². The van der Waals surface area contributed by atoms with E-state index in [9.17, 15) is 5.11 Å². The summed E-state index contributed by atoms with van der Waals surface area (Å²) in [6, 6.07) is -0.621. The zero-order chi connectivity index (χ0) is 15.3. The monoisotopic (exact) mass is 304 g/mol. The molecule has 2 aromatic rings. The van der Waals surface area contributed by atoms with E-state index >= 15 is 0 Å². The number of ether oxygens (including phenoxy) is 2. The molecule has 3 N–H and O–H groups in total. The van der Waals surface area contributed by atoms with Gasteiger partial charge in [0.15, 0.2) is 17.7 Å². The first-order chi connectivity index (χ1) is 10.7. The van der Waals surface area contributed by atoms with Crippen molar-refractivity contribution in [2.75, 3.05) is 18.9 Å². The Labute approximate surface area is 123 Å². The Kier molecular flexibility index (Phi) is 2.71. The summed E-state index contributed by atoms with van der Waals surface area (Å²) in [6.07, 6.45) is 1.70. The van der Waals surface area contributed by atoms with E-state index < -0.39 is 24.0 Å². The van der Waals surface area contributed by atoms with Gasteiger partial charge in [-0.05, 0) is 5.53 Å². The number of nitrogens with two attached hydrogens (primary N) is 1. The van der Waals surface area contributed by atoms with Crippen LogP contribution >= 0.6 is 0 Å². The van der Waals surface area contributed by atoms with Crippen LogP contribution in [0.15, 0.2) is 17.8 Å². The molecule has 0 unspecified atom stereocenters. The lowest BCUT2D eigenvalue weighted by molar-refractivity contribution is -0.182. The number of imidazole rings is 1. The normalized spacial score (nSPS) is 33.2. The SMILES string of the molecule is [N-]=[N+]=N[C@H]1[C@H]2OC[C@@]1(CO)O[C@H]2n1cnc2c(N)ncnc21. The van der Waals surface area contributed by atoms with E-state index in [0.717, 1.165) is 0 Å². The fraction of sp³-hybridized carbons (Fsp3) is 0.545. The number of anilines is 1. The summed E-state index contributed by atoms with van der Waals surface area (Å²) >= 11 is 0. The highest BCUT2D eigenvalue weighted by Gasteiger charge is 2.61. The molecule has 2 aliphatic heterocycles. The maximum atomic E-state index is 9.65. The van der Waals surface area contributed by atoms with Gasteiger partial charge < -0.3 is 20.3 Å². The Morgan fingerprint density at radius 3 is 3.18 bits per heavy atom. The molecule has 2 aliphatic rings. The smallest absolute Gasteiger partial charge is 0.167 e. The van der Waals surface area contributed by atoms with Gasteiger partial charge in [0, 0.05) is 4.91 Å². The highest BCUT2D eigenvalue weighted by atomic mass is 16.6. The predicted molar refractivity (Wildman–Crippen MR) is 72.3 cm³/mol. The summed E-state index contributed by atoms with van der Waals surface area (Å²) < 4.78 is 13.2. The Morgan fingerprint density at radius 2 is 2.41 bits per heavy atom. The molecule has 0 amide bonds. The van der Waals surface area contributed by atoms with Crippen LogP contribution < -0.4 is 5.73 Å². The highest BCUT2D eigenvalue weighted by Crippen LogP contribution is 2.47. The number of aromatic nitrogens is 4. The molecule has 0 aromatic carbocycles. The summed E-state index contributed by atoms with van der Waals surface area (Å²) in [7, 11) is 0. The zero-order valence-corrected chi connectivity index (χ0v) is 11.3. The molecule has 0 aliphatic carbocycles. The van der Waals surface area contributed by atoms with Crippen molar-refractivity contribution in [3.8, 4) is 0 Å². The van der Waals surface area contributed by atoms with Crippen LogP contribution in [0.3, 0.4) is 0 Å². The molecule has 2 bridgehead atoms. The first-order valence-electron chi connectivity index (χ1n) is 6.58. The molecule has 0 radical (unpaired) electrons. The number of hydrogen-bond donors (Lipinski definition) is 2. The van der Waals surface area contributed by atoms with Crippen LogP contribution in [-0.2, 0) is 9.47 Å². The summed E-state index contributed by atoms with van der Waals surface area (Å²) in [6.45, 7) is -0.147. The molecule has 114 valence electrons. The van der Waals surface area contributed by atoms with Crippen molar-refractivity contribution in [2.45, 2.75) is 24.0 Å². The van der Waals surface area contributed by atoms with Crippen molar-refractivity contribution < 1.29 is 14.6 Å². The number of nitrogens with zero attached hydrogens (tertiary/aromatic N) is 7. The van der Waals surface area contributed by atoms with Crippen LogP contribution in [0.25, 0.3) is 21.6 Å². The number of rotatable bonds is 3. The van der Waals surface area contributed by atoms with Gasteiger partial charge in [0.05, 0.1) is 19.5 Å². The van der Waals surface area contributed by atoms with Crippen LogP contribution in [0.4, 0.5) is 5.82 Å². The molecule has 11 nitrogen and oxygen atoms in total. The molecular formula is C11H12N8O3. The highest BCUT2D eigenvalue weighted by molar-refractivity contribution is 5.81. The molecule has 4 rings (SSSR count). The van der Waals surface area contributed by atoms with Gasteiger partial charge in [-0.25, -0.2) is 15.0 Å². The third kappa shape index (κ3) is 1.56. The quantitative estimate of drug-likeness (QED) is 0.449. The van der Waals surface area contributed by atoms with Gasteiger partial charge in [0.2, 0.25) is 0 Å². The molecule has 2 saturated heterocycles. The maximum absolute atomic E-state index is 9.65. The molecule has 0 saturated carbocycles. The molecule has 11 heteroatoms. The average Bonchev–Trinajstić information content (AvgIpc) is 3.19. The number of fused-ring (bicyclic) bond motifs is 3. The predicted octanol–water partition coefficient (Wildman–Crippen LogP) is -0.254. The zero-order valence-electron chi connectivity index (χ0n) is 11.3. The Hall–Kier alpha value is -2.46. The second-order valence-electron chi connectivity index (χ2n) is 5.24. The van der Waals surface area contributed by atoms with Crippen molar-refractivity contribution in [3.63, 3.8) is 0 Å². The van der Waals surface area contributed by atoms with Crippen molar-refractivity contribution in [1.29, 1.82) is 0 Å². The molecule has 0 spiro atoms. The second-order valence-corrected chi connectivity index (χ2v) is 5.24. The van der Waals surface area contributed by atoms with Gasteiger partial charge in [-0.1, -0.05) is 5.11 Å². The Bertz CT molecular complexity index is 787. The standard InChI is InChI=1S/C11H12N8O3/c12-8-5-9(15-3-14-8)19(4-16-5)10-6-7(17-18-13)11(1-20,22-10)2-21-6/h3-4,6-7,10,20H,1-2H2,(H2,12,14,15)/t6-,7+,10-,11-/m1/s1. The minimum Gasteiger partial charge on any atom is -0.393 e. The van der Waals surface area contributed by atoms with Gasteiger partial charge >= 0.3 is 0 Å². The van der Waals surface area contributed by atoms with E-state index in [2.05, 4.69) is 25.0 Å². The van der Waals surface area contributed by atoms with Gasteiger partial charge in [0.25, 0.3) is 0 Å². The van der Waals surface area contributed by atoms with Gasteiger partial charge in [-0.3, -0.25) is 4.57 Å². The lowest BCUT2D eigenvalue weighted by atomic mass is 9.98. The lowest BCUT2D eigenvalue weighted by Gasteiger charge is -2.29. The van der Waals surface area contributed by atoms with E-state index in [0.29, 0.717) is 11.2 Å². The molecule has 4 heterocycles. The molecule has 2 fully saturated rings. The van der Waals surface area contributed by atoms with E-state index in [4.69, 9.17) is 20.7 Å². The molecule has 2 aromatic heterocycles. The molecule has 22 heavy (non-hydrogen) atoms. The Balaban J connectivity index is 1.81. The maximum Gasteiger partial charge on any atom is 0.167 e. The third-order valence-corrected chi connectivity index (χ3v) is 4.11. The fourth-order valence-electron chi connectivity index (χ4n) is 3.04. The summed E-state index contributed by atoms with van der Waals surface area (Å²) in [5.74, 6) is 0.260. The van der Waals surface area contributed by atoms with Gasteiger partial charge in [-0.15, -0.1) is 0 Å². The third-order valence-electron chi connectivity index (χ3n) is 4.11. The molecule has 4 atom stereocenters. The van der Waals surface area contributed by atoms with Crippen LogP contribution in [0.5, 0.6) is 0 Å². The lowest BCUT2D eigenvalue weighted by Crippen LogP contribution is -2.43. The second kappa shape index (κ2) is 4.52. The number of aliphatic hydroxyl groups excluding tert-OH is 1. The number of aliphatic hydroxyl groups is 1. The van der Waals surface area contributed by atoms with Crippen molar-refractivity contribution in [1.82, 2.24) is 19.5 Å². The number of nitrogen functional groups attached to an aromatic ring is 1. The largest absolute Gasteiger partial charge is 0.393 e. The van der Waals surface area contributed by atoms with Crippen LogP contribution in [0, 0.1) is 0 Å². The van der Waals surface area contributed by atoms with Crippen LogP contribution in [-0.4, -0.2) is 55.6 Å². The van der Waals surface area contributed by atoms with Crippen molar-refractivity contribution in [3.05, 3.63) is 23.1 Å². The average molecular weight is 304 g/mol. The fourth-order valence-corrected chi connectivity index (χ4v) is 3.04. The Morgan fingerprint density at radius 1 is 1.55 bits per heavy atom. The van der Waals surface area contributed by atoms with Gasteiger partial charge in [-0.2, -0.15) is 0 Å². The summed E-state index contributed by atoms with van der Waals surface area (Å²) in [5, 5.41) is 13.4. The van der Waals surface area contributed by atoms with Crippen LogP contribution in [0.2, 0.25) is 0 Å². The first kappa shape index (κ1) is 13.2. The summed E-state index contributed by atoms with van der Waals surface area (Å²) in [5.41, 5.74) is 14.4. The number of azide groups is 1. The van der Waals surface area contributed by atoms with E-state index in [1.807, 2.05) is 0 Å². The first-order valence-corrected chi connectivity index (χ1v) is 6.58. The summed E-state index contributed by atoms with van der Waals surface area (Å²) in [4.78, 5) is 15.0. The number of hydrogen-bond acceptors (Lipinski definition) is 8. The van der Waals surface area contributed by atoms with Crippen molar-refractivity contribution in [2.24, 2.45) is 5.11 Å². The van der Waals surface area contributed by atoms with Crippen molar-refractivity contribution >= 4 is 17.0 Å². The molecular weight excluding hydrogens is 292 g/mol. The minimum absolute atomic E-state index is 0.165. The van der Waals surface area contributed by atoms with Crippen LogP contribution in [0.1, 0.15) is 6.23 Å².